The summed E-state index contributed by atoms with van der Waals surface area (Å²) in [6.07, 6.45) is 6.15. The summed E-state index contributed by atoms with van der Waals surface area (Å²) in [4.78, 5) is 0. The Balaban J connectivity index is 2.00. The molecule has 0 bridgehead atoms. The fourth-order valence-electron chi connectivity index (χ4n) is 2.56. The van der Waals surface area contributed by atoms with Crippen molar-refractivity contribution in [1.82, 2.24) is 0 Å². The van der Waals surface area contributed by atoms with Gasteiger partial charge in [0.15, 0.2) is 0 Å². The predicted molar refractivity (Wildman–Crippen MR) is 73.2 cm³/mol. The molecule has 0 spiro atoms. The van der Waals surface area contributed by atoms with Crippen molar-refractivity contribution >= 4 is 0 Å². The highest BCUT2D eigenvalue weighted by molar-refractivity contribution is 5.40. The van der Waals surface area contributed by atoms with E-state index in [-0.39, 0.29) is 0 Å². The average molecular weight is 249 g/mol. The highest BCUT2D eigenvalue weighted by atomic mass is 16.5. The minimum absolute atomic E-state index is 0.632. The molecule has 100 valence electrons. The van der Waals surface area contributed by atoms with E-state index >= 15 is 0 Å². The lowest BCUT2D eigenvalue weighted by atomic mass is 10.1. The zero-order valence-corrected chi connectivity index (χ0v) is 11.2. The zero-order chi connectivity index (χ0) is 12.8. The van der Waals surface area contributed by atoms with Gasteiger partial charge in [0, 0.05) is 0 Å². The van der Waals surface area contributed by atoms with Crippen LogP contribution in [0.4, 0.5) is 0 Å². The van der Waals surface area contributed by atoms with Crippen LogP contribution in [-0.2, 0) is 6.42 Å². The summed E-state index contributed by atoms with van der Waals surface area (Å²) in [5, 5.41) is 0. The molecule has 1 aromatic rings. The maximum absolute atomic E-state index is 5.96. The molecule has 0 aliphatic heterocycles. The number of hydrogen-bond acceptors (Lipinski definition) is 3. The van der Waals surface area contributed by atoms with E-state index in [0.29, 0.717) is 6.54 Å². The second-order valence-corrected chi connectivity index (χ2v) is 4.97. The van der Waals surface area contributed by atoms with Crippen molar-refractivity contribution in [2.45, 2.75) is 32.1 Å². The molecule has 1 aliphatic carbocycles. The van der Waals surface area contributed by atoms with Gasteiger partial charge in [-0.2, -0.15) is 0 Å². The van der Waals surface area contributed by atoms with Crippen LogP contribution in [-0.4, -0.2) is 20.3 Å². The van der Waals surface area contributed by atoms with Gasteiger partial charge in [0.1, 0.15) is 11.5 Å². The van der Waals surface area contributed by atoms with Crippen LogP contribution < -0.4 is 15.2 Å². The molecule has 1 aromatic carbocycles. The normalized spacial score (nSPS) is 15.9. The standard InChI is InChI=1S/C15H23NO2/c1-17-14-6-7-15(13(10-14)8-9-16)18-11-12-4-2-3-5-12/h6-7,10,12H,2-5,8-9,11,16H2,1H3. The van der Waals surface area contributed by atoms with Crippen LogP contribution in [0.1, 0.15) is 31.2 Å². The van der Waals surface area contributed by atoms with Crippen molar-refractivity contribution < 1.29 is 9.47 Å². The molecule has 2 N–H and O–H groups in total. The predicted octanol–water partition coefficient (Wildman–Crippen LogP) is 2.77. The molecule has 0 saturated heterocycles. The van der Waals surface area contributed by atoms with Crippen molar-refractivity contribution in [3.05, 3.63) is 23.8 Å². The van der Waals surface area contributed by atoms with Crippen molar-refractivity contribution in [2.24, 2.45) is 11.7 Å². The number of methoxy groups -OCH3 is 1. The number of nitrogens with two attached hydrogens (primary N) is 1. The fourth-order valence-corrected chi connectivity index (χ4v) is 2.56. The monoisotopic (exact) mass is 249 g/mol. The molecule has 3 heteroatoms. The molecule has 1 saturated carbocycles. The summed E-state index contributed by atoms with van der Waals surface area (Å²) in [7, 11) is 1.68. The van der Waals surface area contributed by atoms with Crippen LogP contribution in [0.25, 0.3) is 0 Å². The Hall–Kier alpha value is -1.22. The Kier molecular flexibility index (Phi) is 4.88. The van der Waals surface area contributed by atoms with Crippen molar-refractivity contribution in [3.63, 3.8) is 0 Å². The molecule has 0 aromatic heterocycles. The maximum atomic E-state index is 5.96. The summed E-state index contributed by atoms with van der Waals surface area (Å²) in [5.74, 6) is 2.57. The van der Waals surface area contributed by atoms with Crippen LogP contribution in [0.5, 0.6) is 11.5 Å². The molecule has 18 heavy (non-hydrogen) atoms. The van der Waals surface area contributed by atoms with Crippen molar-refractivity contribution in [3.8, 4) is 11.5 Å². The van der Waals surface area contributed by atoms with Crippen LogP contribution >= 0.6 is 0 Å². The topological polar surface area (TPSA) is 44.5 Å². The lowest BCUT2D eigenvalue weighted by molar-refractivity contribution is 0.249. The van der Waals surface area contributed by atoms with Gasteiger partial charge in [-0.3, -0.25) is 0 Å². The van der Waals surface area contributed by atoms with Gasteiger partial charge in [-0.15, -0.1) is 0 Å². The van der Waals surface area contributed by atoms with E-state index in [1.165, 1.54) is 25.7 Å². The van der Waals surface area contributed by atoms with E-state index in [2.05, 4.69) is 0 Å². The first-order valence-electron chi connectivity index (χ1n) is 6.83. The van der Waals surface area contributed by atoms with Gasteiger partial charge in [-0.25, -0.2) is 0 Å². The summed E-state index contributed by atoms with van der Waals surface area (Å²) in [6, 6.07) is 5.97. The zero-order valence-electron chi connectivity index (χ0n) is 11.2. The highest BCUT2D eigenvalue weighted by Gasteiger charge is 2.16. The molecule has 0 amide bonds. The molecule has 3 nitrogen and oxygen atoms in total. The second-order valence-electron chi connectivity index (χ2n) is 4.97. The Morgan fingerprint density at radius 2 is 2.06 bits per heavy atom. The SMILES string of the molecule is COc1ccc(OCC2CCCC2)c(CCN)c1. The summed E-state index contributed by atoms with van der Waals surface area (Å²) in [6.45, 7) is 1.47. The summed E-state index contributed by atoms with van der Waals surface area (Å²) < 4.78 is 11.2. The number of hydrogen-bond donors (Lipinski definition) is 1. The van der Waals surface area contributed by atoms with E-state index in [4.69, 9.17) is 15.2 Å². The number of benzene rings is 1. The average Bonchev–Trinajstić information content (AvgIpc) is 2.90. The Morgan fingerprint density at radius 1 is 1.28 bits per heavy atom. The Labute approximate surface area is 109 Å². The second kappa shape index (κ2) is 6.64. The van der Waals surface area contributed by atoms with Crippen LogP contribution in [0.2, 0.25) is 0 Å². The molecular weight excluding hydrogens is 226 g/mol. The molecule has 0 atom stereocenters. The molecule has 0 radical (unpaired) electrons. The third-order valence-electron chi connectivity index (χ3n) is 3.63. The molecular formula is C15H23NO2. The van der Waals surface area contributed by atoms with E-state index in [0.717, 1.165) is 36.0 Å². The summed E-state index contributed by atoms with van der Waals surface area (Å²) in [5.41, 5.74) is 6.79. The van der Waals surface area contributed by atoms with Gasteiger partial charge in [0.2, 0.25) is 0 Å². The highest BCUT2D eigenvalue weighted by Crippen LogP contribution is 2.28. The van der Waals surface area contributed by atoms with Gasteiger partial charge in [-0.1, -0.05) is 12.8 Å². The largest absolute Gasteiger partial charge is 0.497 e. The maximum Gasteiger partial charge on any atom is 0.122 e. The van der Waals surface area contributed by atoms with E-state index < -0.39 is 0 Å². The molecule has 1 fully saturated rings. The van der Waals surface area contributed by atoms with Crippen LogP contribution in [0.3, 0.4) is 0 Å². The van der Waals surface area contributed by atoms with Crippen molar-refractivity contribution in [2.75, 3.05) is 20.3 Å². The van der Waals surface area contributed by atoms with E-state index in [9.17, 15) is 0 Å². The van der Waals surface area contributed by atoms with Gasteiger partial charge in [-0.05, 0) is 55.5 Å². The number of rotatable bonds is 6. The molecule has 1 aliphatic rings. The first-order valence-corrected chi connectivity index (χ1v) is 6.83. The van der Waals surface area contributed by atoms with Gasteiger partial charge in [0.25, 0.3) is 0 Å². The lowest BCUT2D eigenvalue weighted by Gasteiger charge is -2.15. The fraction of sp³-hybridized carbons (Fsp3) is 0.600. The third kappa shape index (κ3) is 3.39. The number of ether oxygens (including phenoxy) is 2. The lowest BCUT2D eigenvalue weighted by Crippen LogP contribution is -2.11. The van der Waals surface area contributed by atoms with Crippen molar-refractivity contribution in [1.29, 1.82) is 0 Å². The Morgan fingerprint density at radius 3 is 2.72 bits per heavy atom. The quantitative estimate of drug-likeness (QED) is 0.843. The summed E-state index contributed by atoms with van der Waals surface area (Å²) >= 11 is 0. The molecule has 0 heterocycles. The van der Waals surface area contributed by atoms with Gasteiger partial charge < -0.3 is 15.2 Å². The first-order chi connectivity index (χ1) is 8.83. The van der Waals surface area contributed by atoms with Crippen LogP contribution in [0, 0.1) is 5.92 Å². The third-order valence-corrected chi connectivity index (χ3v) is 3.63. The minimum atomic E-state index is 0.632. The molecule has 2 rings (SSSR count). The Bertz CT molecular complexity index is 373. The van der Waals surface area contributed by atoms with E-state index in [1.54, 1.807) is 7.11 Å². The van der Waals surface area contributed by atoms with Gasteiger partial charge in [0.05, 0.1) is 13.7 Å². The molecule has 0 unspecified atom stereocenters. The first kappa shape index (κ1) is 13.2. The van der Waals surface area contributed by atoms with Gasteiger partial charge >= 0.3 is 0 Å². The smallest absolute Gasteiger partial charge is 0.122 e. The van der Waals surface area contributed by atoms with Crippen LogP contribution in [0.15, 0.2) is 18.2 Å². The van der Waals surface area contributed by atoms with E-state index in [1.807, 2.05) is 18.2 Å². The minimum Gasteiger partial charge on any atom is -0.497 e.